The van der Waals surface area contributed by atoms with Crippen molar-refractivity contribution in [3.8, 4) is 17.2 Å². The Morgan fingerprint density at radius 2 is 1.78 bits per heavy atom. The van der Waals surface area contributed by atoms with Gasteiger partial charge in [-0.05, 0) is 45.7 Å². The van der Waals surface area contributed by atoms with Crippen molar-refractivity contribution in [1.82, 2.24) is 20.2 Å². The molecule has 0 aliphatic heterocycles. The van der Waals surface area contributed by atoms with Crippen LogP contribution in [0.5, 0.6) is 17.2 Å². The molecule has 0 fully saturated rings. The molecule has 0 bridgehead atoms. The lowest BCUT2D eigenvalue weighted by atomic mass is 10.1. The average Bonchev–Trinajstić information content (AvgIpc) is 3.30. The van der Waals surface area contributed by atoms with Crippen molar-refractivity contribution in [1.29, 1.82) is 0 Å². The fourth-order valence-electron chi connectivity index (χ4n) is 2.98. The Morgan fingerprint density at radius 3 is 2.48 bits per heavy atom. The van der Waals surface area contributed by atoms with E-state index in [1.807, 2.05) is 32.9 Å². The molecule has 0 amide bonds. The predicted molar refractivity (Wildman–Crippen MR) is 107 cm³/mol. The Balaban J connectivity index is 1.85. The minimum absolute atomic E-state index is 0.569. The maximum atomic E-state index is 6.01. The molecule has 2 N–H and O–H groups in total. The van der Waals surface area contributed by atoms with Crippen molar-refractivity contribution in [2.24, 2.45) is 0 Å². The Hall–Kier alpha value is -2.35. The largest absolute Gasteiger partial charge is 0.491 e. The van der Waals surface area contributed by atoms with E-state index in [-0.39, 0.29) is 0 Å². The number of H-pyrrole nitrogens is 2. The van der Waals surface area contributed by atoms with Gasteiger partial charge in [0.1, 0.15) is 6.33 Å². The molecule has 27 heavy (non-hydrogen) atoms. The summed E-state index contributed by atoms with van der Waals surface area (Å²) >= 11 is 1.66. The summed E-state index contributed by atoms with van der Waals surface area (Å²) in [5, 5.41) is 8.54. The lowest BCUT2D eigenvalue weighted by Gasteiger charge is -2.13. The van der Waals surface area contributed by atoms with E-state index >= 15 is 0 Å². The van der Waals surface area contributed by atoms with E-state index in [1.165, 1.54) is 6.33 Å². The first kappa shape index (κ1) is 19.4. The zero-order valence-electron chi connectivity index (χ0n) is 16.0. The Morgan fingerprint density at radius 1 is 1.00 bits per heavy atom. The minimum Gasteiger partial charge on any atom is -0.491 e. The van der Waals surface area contributed by atoms with Crippen molar-refractivity contribution in [3.63, 3.8) is 0 Å². The first-order chi connectivity index (χ1) is 13.3. The van der Waals surface area contributed by atoms with E-state index in [2.05, 4.69) is 20.2 Å². The van der Waals surface area contributed by atoms with Crippen LogP contribution in [0.2, 0.25) is 0 Å². The highest BCUT2D eigenvalue weighted by molar-refractivity contribution is 7.99. The fourth-order valence-corrected chi connectivity index (χ4v) is 3.70. The number of ether oxygens (including phenoxy) is 3. The van der Waals surface area contributed by atoms with Crippen LogP contribution in [0.4, 0.5) is 0 Å². The van der Waals surface area contributed by atoms with Gasteiger partial charge < -0.3 is 19.2 Å². The number of aromatic nitrogens is 4. The third-order valence-corrected chi connectivity index (χ3v) is 4.95. The number of rotatable bonds is 11. The number of nitrogens with one attached hydrogen (secondary N) is 2. The molecule has 7 nitrogen and oxygen atoms in total. The zero-order chi connectivity index (χ0) is 19.1. The highest BCUT2D eigenvalue weighted by Crippen LogP contribution is 2.43. The van der Waals surface area contributed by atoms with E-state index < -0.39 is 0 Å². The monoisotopic (exact) mass is 390 g/mol. The van der Waals surface area contributed by atoms with E-state index in [0.717, 1.165) is 57.6 Å². The van der Waals surface area contributed by atoms with Crippen LogP contribution in [0, 0.1) is 0 Å². The van der Waals surface area contributed by atoms with E-state index in [9.17, 15) is 0 Å². The summed E-state index contributed by atoms with van der Waals surface area (Å²) in [6.07, 6.45) is 3.39. The first-order valence-electron chi connectivity index (χ1n) is 9.32. The molecule has 0 unspecified atom stereocenters. The summed E-state index contributed by atoms with van der Waals surface area (Å²) in [6.45, 7) is 7.69. The van der Waals surface area contributed by atoms with Gasteiger partial charge in [-0.15, -0.1) is 0 Å². The summed E-state index contributed by atoms with van der Waals surface area (Å²) in [5.74, 6) is 3.30. The average molecular weight is 391 g/mol. The number of nitrogens with zero attached hydrogens (tertiary/aromatic N) is 2. The van der Waals surface area contributed by atoms with Crippen LogP contribution in [-0.2, 0) is 6.42 Å². The van der Waals surface area contributed by atoms with Gasteiger partial charge in [0, 0.05) is 5.75 Å². The molecule has 8 heteroatoms. The van der Waals surface area contributed by atoms with Crippen LogP contribution in [-0.4, -0.2) is 45.7 Å². The Kier molecular flexibility index (Phi) is 6.86. The number of aryl methyl sites for hydroxylation is 1. The topological polar surface area (TPSA) is 85.1 Å². The van der Waals surface area contributed by atoms with Crippen molar-refractivity contribution in [2.45, 2.75) is 38.8 Å². The van der Waals surface area contributed by atoms with Gasteiger partial charge in [0.2, 0.25) is 0 Å². The molecule has 0 aliphatic rings. The zero-order valence-corrected chi connectivity index (χ0v) is 16.8. The van der Waals surface area contributed by atoms with E-state index in [0.29, 0.717) is 19.8 Å². The molecule has 1 aromatic carbocycles. The third kappa shape index (κ3) is 4.50. The molecule has 3 rings (SSSR count). The van der Waals surface area contributed by atoms with Gasteiger partial charge in [-0.1, -0.05) is 11.8 Å². The van der Waals surface area contributed by atoms with Crippen LogP contribution < -0.4 is 14.2 Å². The number of hydrogen-bond acceptors (Lipinski definition) is 6. The smallest absolute Gasteiger partial charge is 0.183 e. The molecular weight excluding hydrogens is 364 g/mol. The van der Waals surface area contributed by atoms with E-state index in [4.69, 9.17) is 14.2 Å². The predicted octanol–water partition coefficient (Wildman–Crippen LogP) is 4.21. The summed E-state index contributed by atoms with van der Waals surface area (Å²) in [7, 11) is 0. The Labute approximate surface area is 163 Å². The van der Waals surface area contributed by atoms with Gasteiger partial charge in [-0.25, -0.2) is 4.98 Å². The van der Waals surface area contributed by atoms with Crippen molar-refractivity contribution < 1.29 is 14.2 Å². The summed E-state index contributed by atoms with van der Waals surface area (Å²) in [4.78, 5) is 7.64. The first-order valence-corrected chi connectivity index (χ1v) is 10.3. The van der Waals surface area contributed by atoms with Crippen molar-refractivity contribution in [2.75, 3.05) is 25.6 Å². The van der Waals surface area contributed by atoms with Crippen LogP contribution >= 0.6 is 11.8 Å². The van der Waals surface area contributed by atoms with Crippen LogP contribution in [0.25, 0.3) is 10.9 Å². The highest BCUT2D eigenvalue weighted by Gasteiger charge is 2.20. The van der Waals surface area contributed by atoms with Gasteiger partial charge in [-0.3, -0.25) is 5.10 Å². The molecule has 146 valence electrons. The van der Waals surface area contributed by atoms with Gasteiger partial charge >= 0.3 is 0 Å². The molecule has 0 saturated carbocycles. The van der Waals surface area contributed by atoms with Crippen LogP contribution in [0.3, 0.4) is 0 Å². The van der Waals surface area contributed by atoms with Crippen LogP contribution in [0.1, 0.15) is 32.9 Å². The highest BCUT2D eigenvalue weighted by atomic mass is 32.2. The second-order valence-electron chi connectivity index (χ2n) is 5.79. The third-order valence-electron chi connectivity index (χ3n) is 3.99. The van der Waals surface area contributed by atoms with Crippen molar-refractivity contribution in [3.05, 3.63) is 24.2 Å². The SMILES string of the molecule is CCOc1ccc2[nH]c(CCCSc3ncn[nH]3)c(OCC)c2c1OCC. The summed E-state index contributed by atoms with van der Waals surface area (Å²) < 4.78 is 17.7. The number of hydrogen-bond donors (Lipinski definition) is 2. The lowest BCUT2D eigenvalue weighted by molar-refractivity contribution is 0.289. The molecule has 2 heterocycles. The number of benzene rings is 1. The number of thioether (sulfide) groups is 1. The molecule has 0 saturated heterocycles. The molecule has 0 radical (unpaired) electrons. The van der Waals surface area contributed by atoms with E-state index in [1.54, 1.807) is 11.8 Å². The summed E-state index contributed by atoms with van der Waals surface area (Å²) in [5.41, 5.74) is 2.09. The second kappa shape index (κ2) is 9.55. The van der Waals surface area contributed by atoms with Gasteiger partial charge in [0.25, 0.3) is 0 Å². The quantitative estimate of drug-likeness (QED) is 0.377. The maximum absolute atomic E-state index is 6.01. The standard InChI is InChI=1S/C19H26N4O3S/c1-4-24-15-10-9-13-16(18(15)26-6-3)17(25-5-2)14(22-13)8-7-11-27-19-20-12-21-23-19/h9-10,12,22H,4-8,11H2,1-3H3,(H,20,21,23). The molecular formula is C19H26N4O3S. The molecule has 0 aliphatic carbocycles. The number of fused-ring (bicyclic) bond motifs is 1. The summed E-state index contributed by atoms with van der Waals surface area (Å²) in [6, 6.07) is 3.98. The normalized spacial score (nSPS) is 11.1. The minimum atomic E-state index is 0.569. The van der Waals surface area contributed by atoms with Gasteiger partial charge in [0.15, 0.2) is 22.4 Å². The van der Waals surface area contributed by atoms with Crippen molar-refractivity contribution >= 4 is 22.7 Å². The maximum Gasteiger partial charge on any atom is 0.183 e. The Bertz CT molecular complexity index is 848. The lowest BCUT2D eigenvalue weighted by Crippen LogP contribution is -2.00. The van der Waals surface area contributed by atoms with Gasteiger partial charge in [-0.2, -0.15) is 5.10 Å². The molecule has 0 spiro atoms. The fraction of sp³-hybridized carbons (Fsp3) is 0.474. The van der Waals surface area contributed by atoms with Crippen LogP contribution in [0.15, 0.2) is 23.6 Å². The molecule has 3 aromatic rings. The number of aromatic amines is 2. The second-order valence-corrected chi connectivity index (χ2v) is 6.87. The van der Waals surface area contributed by atoms with Gasteiger partial charge in [0.05, 0.1) is 36.4 Å². The molecule has 2 aromatic heterocycles. The molecule has 0 atom stereocenters.